The molecule has 1 aromatic carbocycles. The highest BCUT2D eigenvalue weighted by Crippen LogP contribution is 2.33. The fourth-order valence-electron chi connectivity index (χ4n) is 2.31. The lowest BCUT2D eigenvalue weighted by Gasteiger charge is -2.05. The Morgan fingerprint density at radius 2 is 1.96 bits per heavy atom. The molecule has 0 aliphatic rings. The zero-order valence-corrected chi connectivity index (χ0v) is 13.2. The van der Waals surface area contributed by atoms with Gasteiger partial charge in [0.15, 0.2) is 0 Å². The Morgan fingerprint density at radius 1 is 1.22 bits per heavy atom. The van der Waals surface area contributed by atoms with Crippen LogP contribution in [0.15, 0.2) is 42.7 Å². The van der Waals surface area contributed by atoms with Crippen molar-refractivity contribution in [3.05, 3.63) is 53.2 Å². The van der Waals surface area contributed by atoms with E-state index >= 15 is 0 Å². The van der Waals surface area contributed by atoms with Gasteiger partial charge in [0.1, 0.15) is 0 Å². The van der Waals surface area contributed by atoms with Gasteiger partial charge >= 0.3 is 5.97 Å². The van der Waals surface area contributed by atoms with Crippen molar-refractivity contribution in [1.82, 2.24) is 4.98 Å². The first-order chi connectivity index (χ1) is 11.1. The van der Waals surface area contributed by atoms with E-state index in [0.29, 0.717) is 17.0 Å². The summed E-state index contributed by atoms with van der Waals surface area (Å²) in [6.45, 7) is 2.11. The van der Waals surface area contributed by atoms with Gasteiger partial charge in [0.05, 0.1) is 21.7 Å². The Balaban J connectivity index is 2.03. The maximum Gasteiger partial charge on any atom is 0.338 e. The summed E-state index contributed by atoms with van der Waals surface area (Å²) in [4.78, 5) is 27.8. The van der Waals surface area contributed by atoms with Gasteiger partial charge in [-0.25, -0.2) is 4.79 Å². The number of esters is 1. The molecule has 6 heteroatoms. The monoisotopic (exact) mass is 326 g/mol. The summed E-state index contributed by atoms with van der Waals surface area (Å²) < 4.78 is 5.87. The highest BCUT2D eigenvalue weighted by molar-refractivity contribution is 7.20. The number of thiophene rings is 1. The van der Waals surface area contributed by atoms with Crippen LogP contribution in [0.25, 0.3) is 21.2 Å². The molecule has 0 radical (unpaired) electrons. The van der Waals surface area contributed by atoms with E-state index in [0.717, 1.165) is 21.2 Å². The molecule has 0 aliphatic carbocycles. The summed E-state index contributed by atoms with van der Waals surface area (Å²) in [7, 11) is 0. The first kappa shape index (κ1) is 15.2. The minimum absolute atomic E-state index is 0.342. The lowest BCUT2D eigenvalue weighted by atomic mass is 10.0. The van der Waals surface area contributed by atoms with Gasteiger partial charge in [-0.1, -0.05) is 12.1 Å². The van der Waals surface area contributed by atoms with E-state index < -0.39 is 5.91 Å². The molecule has 2 aromatic heterocycles. The third-order valence-corrected chi connectivity index (χ3v) is 4.48. The first-order valence-corrected chi connectivity index (χ1v) is 7.86. The zero-order chi connectivity index (χ0) is 16.4. The first-order valence-electron chi connectivity index (χ1n) is 7.05. The molecule has 5 nitrogen and oxygen atoms in total. The lowest BCUT2D eigenvalue weighted by Crippen LogP contribution is -2.08. The number of ether oxygens (including phenoxy) is 1. The molecule has 3 aromatic rings. The maximum absolute atomic E-state index is 11.7. The number of hydrogen-bond donors (Lipinski definition) is 1. The molecular formula is C17H14N2O3S. The zero-order valence-electron chi connectivity index (χ0n) is 12.4. The standard InChI is InChI=1S/C17H14N2O3S/c1-2-22-17(21)11-5-3-10(4-6-11)13-8-19-9-15-12(13)7-14(23-15)16(18)20/h3-9H,2H2,1H3,(H2,18,20). The van der Waals surface area contributed by atoms with Crippen LogP contribution in [0, 0.1) is 0 Å². The average Bonchev–Trinajstić information content (AvgIpc) is 2.99. The summed E-state index contributed by atoms with van der Waals surface area (Å²) >= 11 is 1.32. The van der Waals surface area contributed by atoms with E-state index in [1.165, 1.54) is 11.3 Å². The van der Waals surface area contributed by atoms with E-state index in [1.54, 1.807) is 37.5 Å². The molecule has 0 bridgehead atoms. The van der Waals surface area contributed by atoms with Crippen LogP contribution in [-0.2, 0) is 4.74 Å². The van der Waals surface area contributed by atoms with Crippen LogP contribution in [0.5, 0.6) is 0 Å². The predicted octanol–water partition coefficient (Wildman–Crippen LogP) is 3.24. The quantitative estimate of drug-likeness (QED) is 0.746. The Kier molecular flexibility index (Phi) is 4.08. The second-order valence-electron chi connectivity index (χ2n) is 4.87. The van der Waals surface area contributed by atoms with Crippen molar-refractivity contribution in [2.24, 2.45) is 5.73 Å². The number of rotatable bonds is 4. The Hall–Kier alpha value is -2.73. The highest BCUT2D eigenvalue weighted by Gasteiger charge is 2.12. The molecule has 2 heterocycles. The van der Waals surface area contributed by atoms with Crippen LogP contribution in [-0.4, -0.2) is 23.5 Å². The number of nitrogens with zero attached hydrogens (tertiary/aromatic N) is 1. The van der Waals surface area contributed by atoms with Crippen molar-refractivity contribution >= 4 is 33.3 Å². The highest BCUT2D eigenvalue weighted by atomic mass is 32.1. The van der Waals surface area contributed by atoms with E-state index in [9.17, 15) is 9.59 Å². The molecular weight excluding hydrogens is 312 g/mol. The van der Waals surface area contributed by atoms with E-state index in [1.807, 2.05) is 12.1 Å². The van der Waals surface area contributed by atoms with E-state index in [4.69, 9.17) is 10.5 Å². The fraction of sp³-hybridized carbons (Fsp3) is 0.118. The smallest absolute Gasteiger partial charge is 0.338 e. The number of carbonyl (C=O) groups excluding carboxylic acids is 2. The molecule has 0 fully saturated rings. The molecule has 0 unspecified atom stereocenters. The van der Waals surface area contributed by atoms with Gasteiger partial charge in [-0.05, 0) is 30.7 Å². The van der Waals surface area contributed by atoms with Crippen molar-refractivity contribution in [3.8, 4) is 11.1 Å². The predicted molar refractivity (Wildman–Crippen MR) is 89.5 cm³/mol. The van der Waals surface area contributed by atoms with Crippen molar-refractivity contribution in [2.75, 3.05) is 6.61 Å². The van der Waals surface area contributed by atoms with Gasteiger partial charge in [0.25, 0.3) is 5.91 Å². The van der Waals surface area contributed by atoms with Crippen LogP contribution in [0.4, 0.5) is 0 Å². The molecule has 0 aliphatic heterocycles. The maximum atomic E-state index is 11.7. The number of aromatic nitrogens is 1. The number of fused-ring (bicyclic) bond motifs is 1. The average molecular weight is 326 g/mol. The summed E-state index contributed by atoms with van der Waals surface area (Å²) in [5.41, 5.74) is 7.64. The normalized spacial score (nSPS) is 10.7. The van der Waals surface area contributed by atoms with Crippen LogP contribution in [0.3, 0.4) is 0 Å². The van der Waals surface area contributed by atoms with E-state index in [2.05, 4.69) is 4.98 Å². The van der Waals surface area contributed by atoms with E-state index in [-0.39, 0.29) is 5.97 Å². The van der Waals surface area contributed by atoms with Crippen LogP contribution in [0.1, 0.15) is 27.0 Å². The largest absolute Gasteiger partial charge is 0.462 e. The minimum Gasteiger partial charge on any atom is -0.462 e. The molecule has 3 rings (SSSR count). The van der Waals surface area contributed by atoms with Gasteiger partial charge in [-0.3, -0.25) is 9.78 Å². The van der Waals surface area contributed by atoms with Gasteiger partial charge < -0.3 is 10.5 Å². The van der Waals surface area contributed by atoms with Crippen LogP contribution >= 0.6 is 11.3 Å². The number of nitrogens with two attached hydrogens (primary N) is 1. The number of benzene rings is 1. The second kappa shape index (κ2) is 6.18. The summed E-state index contributed by atoms with van der Waals surface area (Å²) in [5.74, 6) is -0.795. The minimum atomic E-state index is -0.449. The third-order valence-electron chi connectivity index (χ3n) is 3.40. The molecule has 0 spiro atoms. The number of amides is 1. The summed E-state index contributed by atoms with van der Waals surface area (Å²) in [6.07, 6.45) is 3.45. The summed E-state index contributed by atoms with van der Waals surface area (Å²) in [5, 5.41) is 0.919. The van der Waals surface area contributed by atoms with Gasteiger partial charge in [-0.2, -0.15) is 0 Å². The van der Waals surface area contributed by atoms with Gasteiger partial charge in [0.2, 0.25) is 0 Å². The van der Waals surface area contributed by atoms with Crippen molar-refractivity contribution < 1.29 is 14.3 Å². The Bertz CT molecular complexity index is 884. The lowest BCUT2D eigenvalue weighted by molar-refractivity contribution is 0.0526. The molecule has 116 valence electrons. The molecule has 0 saturated carbocycles. The number of primary amides is 1. The Labute approximate surface area is 136 Å². The molecule has 0 atom stereocenters. The SMILES string of the molecule is CCOC(=O)c1ccc(-c2cncc3sc(C(N)=O)cc23)cc1. The van der Waals surface area contributed by atoms with Crippen LogP contribution < -0.4 is 5.73 Å². The number of hydrogen-bond acceptors (Lipinski definition) is 5. The van der Waals surface area contributed by atoms with Crippen molar-refractivity contribution in [1.29, 1.82) is 0 Å². The molecule has 2 N–H and O–H groups in total. The number of pyridine rings is 1. The topological polar surface area (TPSA) is 82.3 Å². The van der Waals surface area contributed by atoms with Crippen molar-refractivity contribution in [2.45, 2.75) is 6.92 Å². The van der Waals surface area contributed by atoms with Gasteiger partial charge in [-0.15, -0.1) is 11.3 Å². The Morgan fingerprint density at radius 3 is 2.61 bits per heavy atom. The fourth-order valence-corrected chi connectivity index (χ4v) is 3.22. The molecule has 0 saturated heterocycles. The molecule has 23 heavy (non-hydrogen) atoms. The second-order valence-corrected chi connectivity index (χ2v) is 5.96. The van der Waals surface area contributed by atoms with Crippen molar-refractivity contribution in [3.63, 3.8) is 0 Å². The molecule has 1 amide bonds. The van der Waals surface area contributed by atoms with Crippen LogP contribution in [0.2, 0.25) is 0 Å². The van der Waals surface area contributed by atoms with Gasteiger partial charge in [0, 0.05) is 23.3 Å². The third kappa shape index (κ3) is 2.93. The summed E-state index contributed by atoms with van der Waals surface area (Å²) in [6, 6.07) is 8.88. The number of carbonyl (C=O) groups is 2.